The first kappa shape index (κ1) is 12.5. The number of hydrogen-bond acceptors (Lipinski definition) is 2. The van der Waals surface area contributed by atoms with Crippen molar-refractivity contribution in [1.82, 2.24) is 4.90 Å². The van der Waals surface area contributed by atoms with Crippen molar-refractivity contribution in [3.8, 4) is 0 Å². The summed E-state index contributed by atoms with van der Waals surface area (Å²) in [6.45, 7) is 5.68. The number of amides is 1. The van der Waals surface area contributed by atoms with Crippen LogP contribution in [0.15, 0.2) is 24.3 Å². The average molecular weight is 258 g/mol. The molecule has 0 bridgehead atoms. The van der Waals surface area contributed by atoms with E-state index >= 15 is 0 Å². The first-order valence-corrected chi connectivity index (χ1v) is 7.34. The Morgan fingerprint density at radius 1 is 1.21 bits per heavy atom. The maximum Gasteiger partial charge on any atom is 0.242 e. The Kier molecular flexibility index (Phi) is 3.45. The van der Waals surface area contributed by atoms with Gasteiger partial charge in [0, 0.05) is 25.3 Å². The molecule has 0 aromatic heterocycles. The summed E-state index contributed by atoms with van der Waals surface area (Å²) in [6.07, 6.45) is 3.38. The minimum Gasteiger partial charge on any atom is -0.362 e. The molecule has 19 heavy (non-hydrogen) atoms. The van der Waals surface area contributed by atoms with Crippen molar-refractivity contribution in [2.45, 2.75) is 26.2 Å². The Morgan fingerprint density at radius 2 is 1.95 bits per heavy atom. The molecule has 1 saturated heterocycles. The lowest BCUT2D eigenvalue weighted by Crippen LogP contribution is -2.43. The van der Waals surface area contributed by atoms with Gasteiger partial charge in [0.25, 0.3) is 0 Å². The third kappa shape index (κ3) is 2.60. The van der Waals surface area contributed by atoms with Gasteiger partial charge in [-0.1, -0.05) is 25.1 Å². The number of benzene rings is 1. The van der Waals surface area contributed by atoms with Gasteiger partial charge in [0.15, 0.2) is 0 Å². The number of fused-ring (bicyclic) bond motifs is 1. The highest BCUT2D eigenvalue weighted by Gasteiger charge is 2.25. The Balaban J connectivity index is 1.62. The molecular formula is C16H22N2O. The Hall–Kier alpha value is -1.51. The molecule has 2 aliphatic heterocycles. The minimum absolute atomic E-state index is 0.295. The second-order valence-corrected chi connectivity index (χ2v) is 5.86. The van der Waals surface area contributed by atoms with Gasteiger partial charge in [-0.05, 0) is 36.8 Å². The fourth-order valence-corrected chi connectivity index (χ4v) is 3.09. The molecule has 1 aromatic carbocycles. The van der Waals surface area contributed by atoms with E-state index in [0.29, 0.717) is 12.5 Å². The van der Waals surface area contributed by atoms with Crippen molar-refractivity contribution in [2.75, 3.05) is 31.1 Å². The summed E-state index contributed by atoms with van der Waals surface area (Å²) in [5, 5.41) is 0. The lowest BCUT2D eigenvalue weighted by atomic mass is 9.99. The summed E-state index contributed by atoms with van der Waals surface area (Å²) in [5.74, 6) is 1.07. The standard InChI is InChI=1S/C16H22N2O/c1-13-6-9-17(10-7-13)16(19)12-18-11-8-14-4-2-3-5-15(14)18/h2-5,13H,6-12H2,1H3. The molecule has 0 radical (unpaired) electrons. The van der Waals surface area contributed by atoms with Crippen molar-refractivity contribution in [3.05, 3.63) is 29.8 Å². The molecule has 1 fully saturated rings. The predicted octanol–water partition coefficient (Wildman–Crippen LogP) is 2.31. The highest BCUT2D eigenvalue weighted by Crippen LogP contribution is 2.27. The van der Waals surface area contributed by atoms with Gasteiger partial charge in [-0.2, -0.15) is 0 Å². The van der Waals surface area contributed by atoms with E-state index in [0.717, 1.165) is 44.8 Å². The molecule has 0 spiro atoms. The number of carbonyl (C=O) groups is 1. The van der Waals surface area contributed by atoms with Crippen molar-refractivity contribution in [1.29, 1.82) is 0 Å². The van der Waals surface area contributed by atoms with Gasteiger partial charge in [-0.25, -0.2) is 0 Å². The number of likely N-dealkylation sites (tertiary alicyclic amines) is 1. The van der Waals surface area contributed by atoms with Gasteiger partial charge >= 0.3 is 0 Å². The summed E-state index contributed by atoms with van der Waals surface area (Å²) >= 11 is 0. The SMILES string of the molecule is CC1CCN(C(=O)CN2CCc3ccccc32)CC1. The fourth-order valence-electron chi connectivity index (χ4n) is 3.09. The van der Waals surface area contributed by atoms with Gasteiger partial charge in [0.05, 0.1) is 6.54 Å². The van der Waals surface area contributed by atoms with Crippen LogP contribution in [-0.2, 0) is 11.2 Å². The predicted molar refractivity (Wildman–Crippen MR) is 77.3 cm³/mol. The van der Waals surface area contributed by atoms with E-state index in [1.807, 2.05) is 4.90 Å². The average Bonchev–Trinajstić information content (AvgIpc) is 2.83. The zero-order valence-corrected chi connectivity index (χ0v) is 11.6. The summed E-state index contributed by atoms with van der Waals surface area (Å²) < 4.78 is 0. The zero-order chi connectivity index (χ0) is 13.2. The molecule has 1 amide bonds. The number of nitrogens with zero attached hydrogens (tertiary/aromatic N) is 2. The number of para-hydroxylation sites is 1. The Morgan fingerprint density at radius 3 is 2.74 bits per heavy atom. The second kappa shape index (κ2) is 5.24. The minimum atomic E-state index is 0.295. The van der Waals surface area contributed by atoms with Crippen LogP contribution >= 0.6 is 0 Å². The van der Waals surface area contributed by atoms with Gasteiger partial charge in [0.1, 0.15) is 0 Å². The quantitative estimate of drug-likeness (QED) is 0.812. The van der Waals surface area contributed by atoms with Crippen molar-refractivity contribution in [2.24, 2.45) is 5.92 Å². The van der Waals surface area contributed by atoms with Crippen LogP contribution in [-0.4, -0.2) is 37.0 Å². The molecule has 0 atom stereocenters. The third-order valence-electron chi connectivity index (χ3n) is 4.45. The smallest absolute Gasteiger partial charge is 0.242 e. The van der Waals surface area contributed by atoms with Crippen LogP contribution in [0.4, 0.5) is 5.69 Å². The number of hydrogen-bond donors (Lipinski definition) is 0. The molecule has 0 unspecified atom stereocenters. The fraction of sp³-hybridized carbons (Fsp3) is 0.562. The molecule has 1 aromatic rings. The first-order valence-electron chi connectivity index (χ1n) is 7.34. The number of carbonyl (C=O) groups excluding carboxylic acids is 1. The second-order valence-electron chi connectivity index (χ2n) is 5.86. The number of piperidine rings is 1. The lowest BCUT2D eigenvalue weighted by molar-refractivity contribution is -0.131. The van der Waals surface area contributed by atoms with Gasteiger partial charge in [-0.3, -0.25) is 4.79 Å². The molecule has 3 rings (SSSR count). The molecular weight excluding hydrogens is 236 g/mol. The maximum absolute atomic E-state index is 12.4. The van der Waals surface area contributed by atoms with Crippen LogP contribution in [0, 0.1) is 5.92 Å². The monoisotopic (exact) mass is 258 g/mol. The summed E-state index contributed by atoms with van der Waals surface area (Å²) in [7, 11) is 0. The van der Waals surface area contributed by atoms with Crippen LogP contribution in [0.3, 0.4) is 0 Å². The molecule has 3 heteroatoms. The summed E-state index contributed by atoms with van der Waals surface area (Å²) in [6, 6.07) is 8.44. The van der Waals surface area contributed by atoms with Crippen LogP contribution in [0.2, 0.25) is 0 Å². The van der Waals surface area contributed by atoms with E-state index in [2.05, 4.69) is 36.1 Å². The van der Waals surface area contributed by atoms with Gasteiger partial charge in [0.2, 0.25) is 5.91 Å². The van der Waals surface area contributed by atoms with E-state index in [-0.39, 0.29) is 0 Å². The van der Waals surface area contributed by atoms with E-state index in [1.165, 1.54) is 11.3 Å². The molecule has 2 heterocycles. The van der Waals surface area contributed by atoms with E-state index in [1.54, 1.807) is 0 Å². The lowest BCUT2D eigenvalue weighted by Gasteiger charge is -2.32. The molecule has 2 aliphatic rings. The topological polar surface area (TPSA) is 23.6 Å². The van der Waals surface area contributed by atoms with E-state index < -0.39 is 0 Å². The Bertz CT molecular complexity index is 464. The molecule has 3 nitrogen and oxygen atoms in total. The largest absolute Gasteiger partial charge is 0.362 e. The van der Waals surface area contributed by atoms with E-state index in [9.17, 15) is 4.79 Å². The van der Waals surface area contributed by atoms with Crippen LogP contribution < -0.4 is 4.90 Å². The summed E-state index contributed by atoms with van der Waals surface area (Å²) in [4.78, 5) is 16.6. The van der Waals surface area contributed by atoms with Crippen molar-refractivity contribution in [3.63, 3.8) is 0 Å². The van der Waals surface area contributed by atoms with Gasteiger partial charge < -0.3 is 9.80 Å². The number of anilines is 1. The number of rotatable bonds is 2. The van der Waals surface area contributed by atoms with Crippen LogP contribution in [0.1, 0.15) is 25.3 Å². The normalized spacial score (nSPS) is 19.6. The molecule has 0 saturated carbocycles. The van der Waals surface area contributed by atoms with Crippen molar-refractivity contribution < 1.29 is 4.79 Å². The van der Waals surface area contributed by atoms with Crippen LogP contribution in [0.5, 0.6) is 0 Å². The van der Waals surface area contributed by atoms with Crippen LogP contribution in [0.25, 0.3) is 0 Å². The Labute approximate surface area is 115 Å². The highest BCUT2D eigenvalue weighted by molar-refractivity contribution is 5.82. The summed E-state index contributed by atoms with van der Waals surface area (Å²) in [5.41, 5.74) is 2.63. The first-order chi connectivity index (χ1) is 9.24. The van der Waals surface area contributed by atoms with Gasteiger partial charge in [-0.15, -0.1) is 0 Å². The molecule has 0 aliphatic carbocycles. The molecule has 0 N–H and O–H groups in total. The zero-order valence-electron chi connectivity index (χ0n) is 11.6. The van der Waals surface area contributed by atoms with E-state index in [4.69, 9.17) is 0 Å². The third-order valence-corrected chi connectivity index (χ3v) is 4.45. The highest BCUT2D eigenvalue weighted by atomic mass is 16.2. The van der Waals surface area contributed by atoms with Crippen molar-refractivity contribution >= 4 is 11.6 Å². The maximum atomic E-state index is 12.4. The molecule has 102 valence electrons.